The van der Waals surface area contributed by atoms with Crippen LogP contribution < -0.4 is 0 Å². The Labute approximate surface area is 124 Å². The van der Waals surface area contributed by atoms with E-state index in [1.165, 1.54) is 17.0 Å². The zero-order valence-corrected chi connectivity index (χ0v) is 11.5. The molecule has 1 saturated heterocycles. The fourth-order valence-corrected chi connectivity index (χ4v) is 2.19. The molecule has 5 nitrogen and oxygen atoms in total. The van der Waals surface area contributed by atoms with Crippen molar-refractivity contribution in [2.24, 2.45) is 0 Å². The van der Waals surface area contributed by atoms with E-state index in [9.17, 15) is 22.8 Å². The van der Waals surface area contributed by atoms with Gasteiger partial charge >= 0.3 is 12.1 Å². The van der Waals surface area contributed by atoms with Crippen molar-refractivity contribution < 1.29 is 32.6 Å². The zero-order chi connectivity index (χ0) is 16.3. The first-order valence-electron chi connectivity index (χ1n) is 6.55. The third kappa shape index (κ3) is 3.76. The first-order chi connectivity index (χ1) is 10.3. The molecule has 0 bridgehead atoms. The van der Waals surface area contributed by atoms with E-state index in [0.717, 1.165) is 12.1 Å². The van der Waals surface area contributed by atoms with E-state index < -0.39 is 29.7 Å². The molecule has 1 heterocycles. The molecule has 0 aromatic heterocycles. The Hall–Kier alpha value is -2.09. The molecule has 1 aromatic carbocycles. The summed E-state index contributed by atoms with van der Waals surface area (Å²) in [6, 6.07) is 3.18. The molecule has 0 spiro atoms. The molecular weight excluding hydrogens is 303 g/mol. The van der Waals surface area contributed by atoms with E-state index in [4.69, 9.17) is 9.84 Å². The van der Waals surface area contributed by atoms with Gasteiger partial charge < -0.3 is 14.7 Å². The van der Waals surface area contributed by atoms with Crippen LogP contribution in [0.4, 0.5) is 13.2 Å². The van der Waals surface area contributed by atoms with Gasteiger partial charge in [-0.15, -0.1) is 0 Å². The molecule has 1 amide bonds. The molecule has 1 aromatic rings. The van der Waals surface area contributed by atoms with Crippen LogP contribution in [0.15, 0.2) is 24.3 Å². The highest BCUT2D eigenvalue weighted by Gasteiger charge is 2.33. The molecule has 1 atom stereocenters. The van der Waals surface area contributed by atoms with Crippen LogP contribution in [-0.2, 0) is 26.9 Å². The zero-order valence-electron chi connectivity index (χ0n) is 11.5. The van der Waals surface area contributed by atoms with E-state index in [1.54, 1.807) is 0 Å². The van der Waals surface area contributed by atoms with Crippen molar-refractivity contribution in [2.75, 3.05) is 19.8 Å². The Morgan fingerprint density at radius 1 is 1.27 bits per heavy atom. The van der Waals surface area contributed by atoms with Crippen molar-refractivity contribution in [1.82, 2.24) is 4.90 Å². The minimum absolute atomic E-state index is 0.0892. The molecule has 1 aliphatic rings. The molecule has 1 aliphatic heterocycles. The van der Waals surface area contributed by atoms with Gasteiger partial charge in [0.25, 0.3) is 0 Å². The summed E-state index contributed by atoms with van der Waals surface area (Å²) in [5, 5.41) is 9.05. The standard InChI is InChI=1S/C14H14F3NO4/c15-14(16,17)10-3-1-9(2-4-10)7-12(19)18-5-6-22-8-11(18)13(20)21/h1-4,11H,5-8H2,(H,20,21). The SMILES string of the molecule is O=C(O)C1COCCN1C(=O)Cc1ccc(C(F)(F)F)cc1. The van der Waals surface area contributed by atoms with Crippen LogP contribution >= 0.6 is 0 Å². The Balaban J connectivity index is 2.06. The van der Waals surface area contributed by atoms with Crippen LogP contribution in [0.1, 0.15) is 11.1 Å². The maximum atomic E-state index is 12.5. The first-order valence-corrected chi connectivity index (χ1v) is 6.55. The van der Waals surface area contributed by atoms with Crippen LogP contribution in [0.25, 0.3) is 0 Å². The normalized spacial score (nSPS) is 19.0. The summed E-state index contributed by atoms with van der Waals surface area (Å²) in [7, 11) is 0. The van der Waals surface area contributed by atoms with Gasteiger partial charge in [-0.25, -0.2) is 4.79 Å². The lowest BCUT2D eigenvalue weighted by molar-refractivity contribution is -0.158. The minimum atomic E-state index is -4.43. The lowest BCUT2D eigenvalue weighted by atomic mass is 10.1. The van der Waals surface area contributed by atoms with Gasteiger partial charge in [0.1, 0.15) is 0 Å². The summed E-state index contributed by atoms with van der Waals surface area (Å²) in [5.41, 5.74) is -0.396. The highest BCUT2D eigenvalue weighted by molar-refractivity contribution is 5.85. The summed E-state index contributed by atoms with van der Waals surface area (Å²) in [6.45, 7) is 0.299. The van der Waals surface area contributed by atoms with E-state index in [1.807, 2.05) is 0 Å². The molecule has 0 aliphatic carbocycles. The van der Waals surface area contributed by atoms with Crippen LogP contribution in [0.5, 0.6) is 0 Å². The number of nitrogens with zero attached hydrogens (tertiary/aromatic N) is 1. The van der Waals surface area contributed by atoms with Gasteiger partial charge in [0.05, 0.1) is 25.2 Å². The second kappa shape index (κ2) is 6.35. The number of aliphatic carboxylic acids is 1. The number of hydrogen-bond donors (Lipinski definition) is 1. The highest BCUT2D eigenvalue weighted by atomic mass is 19.4. The number of amides is 1. The Kier molecular flexibility index (Phi) is 4.70. The number of carboxylic acids is 1. The molecule has 120 valence electrons. The molecule has 1 unspecified atom stereocenters. The number of morpholine rings is 1. The summed E-state index contributed by atoms with van der Waals surface area (Å²) >= 11 is 0. The van der Waals surface area contributed by atoms with E-state index in [0.29, 0.717) is 5.56 Å². The topological polar surface area (TPSA) is 66.8 Å². The van der Waals surface area contributed by atoms with Crippen molar-refractivity contribution in [3.8, 4) is 0 Å². The molecule has 22 heavy (non-hydrogen) atoms. The average Bonchev–Trinajstić information content (AvgIpc) is 2.46. The van der Waals surface area contributed by atoms with E-state index in [-0.39, 0.29) is 26.2 Å². The predicted molar refractivity (Wildman–Crippen MR) is 69.1 cm³/mol. The van der Waals surface area contributed by atoms with E-state index in [2.05, 4.69) is 0 Å². The predicted octanol–water partition coefficient (Wildman–Crippen LogP) is 1.56. The monoisotopic (exact) mass is 317 g/mol. The molecule has 8 heteroatoms. The number of rotatable bonds is 3. The van der Waals surface area contributed by atoms with Gasteiger partial charge in [-0.1, -0.05) is 12.1 Å². The van der Waals surface area contributed by atoms with Gasteiger partial charge in [0, 0.05) is 6.54 Å². The fourth-order valence-electron chi connectivity index (χ4n) is 2.19. The largest absolute Gasteiger partial charge is 0.480 e. The smallest absolute Gasteiger partial charge is 0.416 e. The fraction of sp³-hybridized carbons (Fsp3) is 0.429. The Morgan fingerprint density at radius 3 is 2.45 bits per heavy atom. The van der Waals surface area contributed by atoms with Crippen molar-refractivity contribution in [3.63, 3.8) is 0 Å². The second-order valence-corrected chi connectivity index (χ2v) is 4.89. The molecule has 0 radical (unpaired) electrons. The van der Waals surface area contributed by atoms with Crippen LogP contribution in [0, 0.1) is 0 Å². The second-order valence-electron chi connectivity index (χ2n) is 4.89. The van der Waals surface area contributed by atoms with Gasteiger partial charge in [-0.2, -0.15) is 13.2 Å². The lowest BCUT2D eigenvalue weighted by Crippen LogP contribution is -2.53. The molecular formula is C14H14F3NO4. The quantitative estimate of drug-likeness (QED) is 0.919. The number of hydrogen-bond acceptors (Lipinski definition) is 3. The summed E-state index contributed by atoms with van der Waals surface area (Å²) < 4.78 is 42.4. The average molecular weight is 317 g/mol. The molecule has 1 N–H and O–H groups in total. The van der Waals surface area contributed by atoms with Crippen molar-refractivity contribution >= 4 is 11.9 Å². The number of carbonyl (C=O) groups is 2. The maximum absolute atomic E-state index is 12.5. The number of carbonyl (C=O) groups excluding carboxylic acids is 1. The maximum Gasteiger partial charge on any atom is 0.416 e. The van der Waals surface area contributed by atoms with Gasteiger partial charge in [0.2, 0.25) is 5.91 Å². The number of alkyl halides is 3. The van der Waals surface area contributed by atoms with Crippen LogP contribution in [0.2, 0.25) is 0 Å². The van der Waals surface area contributed by atoms with Crippen LogP contribution in [0.3, 0.4) is 0 Å². The van der Waals surface area contributed by atoms with Gasteiger partial charge in [-0.05, 0) is 17.7 Å². The number of benzene rings is 1. The molecule has 1 fully saturated rings. The Bertz CT molecular complexity index is 556. The Morgan fingerprint density at radius 2 is 1.91 bits per heavy atom. The van der Waals surface area contributed by atoms with E-state index >= 15 is 0 Å². The summed E-state index contributed by atoms with van der Waals surface area (Å²) in [4.78, 5) is 24.4. The third-order valence-electron chi connectivity index (χ3n) is 3.37. The summed E-state index contributed by atoms with van der Waals surface area (Å²) in [5.74, 6) is -1.61. The van der Waals surface area contributed by atoms with Crippen molar-refractivity contribution in [3.05, 3.63) is 35.4 Å². The number of halogens is 3. The van der Waals surface area contributed by atoms with Gasteiger partial charge in [-0.3, -0.25) is 4.79 Å². The number of carboxylic acid groups (broad SMARTS) is 1. The third-order valence-corrected chi connectivity index (χ3v) is 3.37. The lowest BCUT2D eigenvalue weighted by Gasteiger charge is -2.32. The summed E-state index contributed by atoms with van der Waals surface area (Å²) in [6.07, 6.45) is -4.58. The van der Waals surface area contributed by atoms with Crippen LogP contribution in [-0.4, -0.2) is 47.7 Å². The highest BCUT2D eigenvalue weighted by Crippen LogP contribution is 2.29. The minimum Gasteiger partial charge on any atom is -0.480 e. The molecule has 0 saturated carbocycles. The first kappa shape index (κ1) is 16.3. The number of ether oxygens (including phenoxy) is 1. The molecule has 2 rings (SSSR count). The van der Waals surface area contributed by atoms with Crippen molar-refractivity contribution in [1.29, 1.82) is 0 Å². The van der Waals surface area contributed by atoms with Crippen molar-refractivity contribution in [2.45, 2.75) is 18.6 Å². The van der Waals surface area contributed by atoms with Gasteiger partial charge in [0.15, 0.2) is 6.04 Å².